The molecule has 0 radical (unpaired) electrons. The fourth-order valence-corrected chi connectivity index (χ4v) is 1.72. The Hall–Kier alpha value is -0.530. The molecule has 1 aliphatic rings. The van der Waals surface area contributed by atoms with Crippen molar-refractivity contribution in [2.24, 2.45) is 11.3 Å². The SMILES string of the molecule is CC(=O)N1CCC(C)(C(C)C)C1. The summed E-state index contributed by atoms with van der Waals surface area (Å²) < 4.78 is 0. The van der Waals surface area contributed by atoms with Gasteiger partial charge < -0.3 is 4.90 Å². The van der Waals surface area contributed by atoms with Crippen molar-refractivity contribution in [3.8, 4) is 0 Å². The third kappa shape index (κ3) is 1.62. The summed E-state index contributed by atoms with van der Waals surface area (Å²) in [6.45, 7) is 10.3. The highest BCUT2D eigenvalue weighted by atomic mass is 16.2. The van der Waals surface area contributed by atoms with E-state index >= 15 is 0 Å². The molecule has 1 rings (SSSR count). The maximum absolute atomic E-state index is 11.1. The van der Waals surface area contributed by atoms with Gasteiger partial charge in [-0.1, -0.05) is 20.8 Å². The predicted octanol–water partition coefficient (Wildman–Crippen LogP) is 1.90. The Kier molecular flexibility index (Phi) is 2.45. The van der Waals surface area contributed by atoms with Crippen LogP contribution in [0.3, 0.4) is 0 Å². The second-order valence-electron chi connectivity index (χ2n) is 4.50. The normalized spacial score (nSPS) is 29.9. The van der Waals surface area contributed by atoms with E-state index in [1.54, 1.807) is 6.92 Å². The topological polar surface area (TPSA) is 20.3 Å². The smallest absolute Gasteiger partial charge is 0.219 e. The van der Waals surface area contributed by atoms with Crippen molar-refractivity contribution >= 4 is 5.91 Å². The molecule has 1 unspecified atom stereocenters. The molecule has 1 amide bonds. The molecule has 0 aromatic heterocycles. The molecule has 1 aliphatic heterocycles. The van der Waals surface area contributed by atoms with Gasteiger partial charge in [-0.2, -0.15) is 0 Å². The fraction of sp³-hybridized carbons (Fsp3) is 0.900. The molecule has 1 heterocycles. The van der Waals surface area contributed by atoms with Gasteiger partial charge in [-0.15, -0.1) is 0 Å². The van der Waals surface area contributed by atoms with E-state index in [0.29, 0.717) is 11.3 Å². The molecule has 12 heavy (non-hydrogen) atoms. The highest BCUT2D eigenvalue weighted by molar-refractivity contribution is 5.73. The van der Waals surface area contributed by atoms with Crippen LogP contribution < -0.4 is 0 Å². The van der Waals surface area contributed by atoms with Crippen molar-refractivity contribution < 1.29 is 4.79 Å². The maximum atomic E-state index is 11.1. The maximum Gasteiger partial charge on any atom is 0.219 e. The molecule has 0 aliphatic carbocycles. The Balaban J connectivity index is 2.60. The quantitative estimate of drug-likeness (QED) is 0.587. The van der Waals surface area contributed by atoms with E-state index in [2.05, 4.69) is 20.8 Å². The van der Waals surface area contributed by atoms with Crippen molar-refractivity contribution in [2.75, 3.05) is 13.1 Å². The minimum atomic E-state index is 0.222. The third-order valence-electron chi connectivity index (χ3n) is 3.34. The standard InChI is InChI=1S/C10H19NO/c1-8(2)10(4)5-6-11(7-10)9(3)12/h8H,5-7H2,1-4H3. The molecule has 0 spiro atoms. The number of rotatable bonds is 1. The zero-order chi connectivity index (χ0) is 9.35. The monoisotopic (exact) mass is 169 g/mol. The van der Waals surface area contributed by atoms with Gasteiger partial charge in [-0.05, 0) is 17.8 Å². The molecule has 1 fully saturated rings. The molecule has 2 nitrogen and oxygen atoms in total. The highest BCUT2D eigenvalue weighted by Gasteiger charge is 2.37. The highest BCUT2D eigenvalue weighted by Crippen LogP contribution is 2.36. The molecule has 0 aromatic rings. The molecular weight excluding hydrogens is 150 g/mol. The lowest BCUT2D eigenvalue weighted by atomic mass is 9.78. The van der Waals surface area contributed by atoms with Crippen LogP contribution in [-0.4, -0.2) is 23.9 Å². The van der Waals surface area contributed by atoms with Crippen LogP contribution in [0.4, 0.5) is 0 Å². The molecule has 0 saturated carbocycles. The first-order valence-electron chi connectivity index (χ1n) is 4.71. The van der Waals surface area contributed by atoms with Crippen LogP contribution in [0.2, 0.25) is 0 Å². The number of amides is 1. The number of hydrogen-bond acceptors (Lipinski definition) is 1. The summed E-state index contributed by atoms with van der Waals surface area (Å²) in [6.07, 6.45) is 1.16. The van der Waals surface area contributed by atoms with Crippen molar-refractivity contribution in [3.63, 3.8) is 0 Å². The van der Waals surface area contributed by atoms with Gasteiger partial charge in [0.05, 0.1) is 0 Å². The summed E-state index contributed by atoms with van der Waals surface area (Å²) in [5, 5.41) is 0. The van der Waals surface area contributed by atoms with E-state index in [4.69, 9.17) is 0 Å². The summed E-state index contributed by atoms with van der Waals surface area (Å²) in [5.41, 5.74) is 0.353. The van der Waals surface area contributed by atoms with Crippen molar-refractivity contribution in [1.29, 1.82) is 0 Å². The van der Waals surface area contributed by atoms with Crippen LogP contribution in [-0.2, 0) is 4.79 Å². The third-order valence-corrected chi connectivity index (χ3v) is 3.34. The van der Waals surface area contributed by atoms with Gasteiger partial charge >= 0.3 is 0 Å². The number of likely N-dealkylation sites (tertiary alicyclic amines) is 1. The van der Waals surface area contributed by atoms with Gasteiger partial charge in [0.25, 0.3) is 0 Å². The molecule has 1 atom stereocenters. The van der Waals surface area contributed by atoms with Crippen molar-refractivity contribution in [1.82, 2.24) is 4.90 Å². The van der Waals surface area contributed by atoms with Crippen molar-refractivity contribution in [3.05, 3.63) is 0 Å². The molecule has 70 valence electrons. The summed E-state index contributed by atoms with van der Waals surface area (Å²) in [5.74, 6) is 0.890. The van der Waals surface area contributed by atoms with E-state index in [1.807, 2.05) is 4.90 Å². The number of carbonyl (C=O) groups is 1. The second kappa shape index (κ2) is 3.08. The number of nitrogens with zero attached hydrogens (tertiary/aromatic N) is 1. The lowest BCUT2D eigenvalue weighted by Gasteiger charge is -2.28. The zero-order valence-corrected chi connectivity index (χ0v) is 8.55. The molecule has 0 N–H and O–H groups in total. The van der Waals surface area contributed by atoms with Gasteiger partial charge in [0.15, 0.2) is 0 Å². The lowest BCUT2D eigenvalue weighted by Crippen LogP contribution is -2.31. The van der Waals surface area contributed by atoms with Crippen LogP contribution in [0, 0.1) is 11.3 Å². The van der Waals surface area contributed by atoms with Crippen LogP contribution in [0.5, 0.6) is 0 Å². The van der Waals surface area contributed by atoms with Crippen LogP contribution >= 0.6 is 0 Å². The first-order valence-corrected chi connectivity index (χ1v) is 4.71. The molecule has 2 heteroatoms. The van der Waals surface area contributed by atoms with E-state index in [-0.39, 0.29) is 5.91 Å². The Morgan fingerprint density at radius 3 is 2.33 bits per heavy atom. The Morgan fingerprint density at radius 1 is 1.50 bits per heavy atom. The summed E-state index contributed by atoms with van der Waals surface area (Å²) in [7, 11) is 0. The lowest BCUT2D eigenvalue weighted by molar-refractivity contribution is -0.128. The minimum absolute atomic E-state index is 0.222. The van der Waals surface area contributed by atoms with Gasteiger partial charge in [0.1, 0.15) is 0 Å². The first kappa shape index (κ1) is 9.56. The van der Waals surface area contributed by atoms with Gasteiger partial charge in [0.2, 0.25) is 5.91 Å². The average molecular weight is 169 g/mol. The van der Waals surface area contributed by atoms with Crippen LogP contribution in [0.15, 0.2) is 0 Å². The van der Waals surface area contributed by atoms with Gasteiger partial charge in [0, 0.05) is 20.0 Å². The van der Waals surface area contributed by atoms with Crippen LogP contribution in [0.25, 0.3) is 0 Å². The summed E-state index contributed by atoms with van der Waals surface area (Å²) >= 11 is 0. The van der Waals surface area contributed by atoms with Crippen LogP contribution in [0.1, 0.15) is 34.1 Å². The fourth-order valence-electron chi connectivity index (χ4n) is 1.72. The molecule has 0 bridgehead atoms. The van der Waals surface area contributed by atoms with E-state index < -0.39 is 0 Å². The molecular formula is C10H19NO. The zero-order valence-electron chi connectivity index (χ0n) is 8.55. The van der Waals surface area contributed by atoms with E-state index in [0.717, 1.165) is 19.5 Å². The van der Waals surface area contributed by atoms with E-state index in [1.165, 1.54) is 0 Å². The second-order valence-corrected chi connectivity index (χ2v) is 4.50. The van der Waals surface area contributed by atoms with E-state index in [9.17, 15) is 4.79 Å². The van der Waals surface area contributed by atoms with Gasteiger partial charge in [-0.25, -0.2) is 0 Å². The molecule has 0 aromatic carbocycles. The number of carbonyl (C=O) groups excluding carboxylic acids is 1. The minimum Gasteiger partial charge on any atom is -0.342 e. The summed E-state index contributed by atoms with van der Waals surface area (Å²) in [4.78, 5) is 13.0. The summed E-state index contributed by atoms with van der Waals surface area (Å²) in [6, 6.07) is 0. The Labute approximate surface area is 74.9 Å². The van der Waals surface area contributed by atoms with Gasteiger partial charge in [-0.3, -0.25) is 4.79 Å². The Morgan fingerprint density at radius 2 is 2.08 bits per heavy atom. The largest absolute Gasteiger partial charge is 0.342 e. The molecule has 1 saturated heterocycles. The van der Waals surface area contributed by atoms with Crippen molar-refractivity contribution in [2.45, 2.75) is 34.1 Å². The Bertz CT molecular complexity index is 188. The predicted molar refractivity (Wildman–Crippen MR) is 49.8 cm³/mol. The first-order chi connectivity index (χ1) is 5.46. The number of hydrogen-bond donors (Lipinski definition) is 0. The average Bonchev–Trinajstić information content (AvgIpc) is 2.33.